The fourth-order valence-electron chi connectivity index (χ4n) is 5.16. The number of nitrogens with one attached hydrogen (secondary N) is 3. The highest BCUT2D eigenvalue weighted by atomic mass is 16.7. The van der Waals surface area contributed by atoms with Gasteiger partial charge in [-0.2, -0.15) is 0 Å². The molecule has 2 heterocycles. The van der Waals surface area contributed by atoms with Crippen molar-refractivity contribution in [3.63, 3.8) is 0 Å². The molecule has 0 aliphatic carbocycles. The average Bonchev–Trinajstić information content (AvgIpc) is 3.56. The van der Waals surface area contributed by atoms with Gasteiger partial charge in [-0.05, 0) is 84.9 Å². The first-order valence-electron chi connectivity index (χ1n) is 16.0. The number of ether oxygens (including phenoxy) is 4. The largest absolute Gasteiger partial charge is 0.509 e. The molecule has 3 N–H and O–H groups in total. The SMILES string of the molecule is COc1cccc2[nH]c(C(=O)N[C@@H](CC(C)C)C(=O)N[C@@H](C[C@@H]3CCN(C(=O)OC(C)(C)C)C3=O)C(=O)COC(=O)OC(C)(C)C)cc12. The third kappa shape index (κ3) is 10.7. The molecule has 264 valence electrons. The zero-order chi connectivity index (χ0) is 36.0. The Morgan fingerprint density at radius 2 is 1.65 bits per heavy atom. The number of amides is 4. The number of benzene rings is 1. The molecule has 0 radical (unpaired) electrons. The van der Waals surface area contributed by atoms with Gasteiger partial charge in [-0.25, -0.2) is 14.5 Å². The first kappa shape index (κ1) is 37.8. The van der Waals surface area contributed by atoms with E-state index in [2.05, 4.69) is 15.6 Å². The van der Waals surface area contributed by atoms with E-state index < -0.39 is 71.6 Å². The summed E-state index contributed by atoms with van der Waals surface area (Å²) in [5, 5.41) is 6.11. The van der Waals surface area contributed by atoms with Crippen LogP contribution in [-0.4, -0.2) is 89.2 Å². The molecule has 4 amide bonds. The van der Waals surface area contributed by atoms with Crippen LogP contribution in [0.25, 0.3) is 10.9 Å². The van der Waals surface area contributed by atoms with Crippen LogP contribution in [0, 0.1) is 11.8 Å². The van der Waals surface area contributed by atoms with Crippen molar-refractivity contribution >= 4 is 46.7 Å². The predicted octanol–water partition coefficient (Wildman–Crippen LogP) is 4.50. The third-order valence-electron chi connectivity index (χ3n) is 7.30. The highest BCUT2D eigenvalue weighted by molar-refractivity contribution is 6.02. The standard InChI is InChI=1S/C34H48N4O10/c1-19(2)15-24(37-29(41)25-17-21-22(35-25)11-10-12-27(21)45-9)28(40)36-23(26(39)18-46-32(44)48-34(6,7)8)16-20-13-14-38(30(20)42)31(43)47-33(3,4)5/h10-12,17,19-20,23-24,35H,13-16,18H2,1-9H3,(H,36,40)(H,37,41)/t20-,23-,24-/m0/s1. The van der Waals surface area contributed by atoms with E-state index in [1.165, 1.54) is 7.11 Å². The molecule has 48 heavy (non-hydrogen) atoms. The number of likely N-dealkylation sites (tertiary alicyclic amines) is 1. The van der Waals surface area contributed by atoms with Gasteiger partial charge in [0.15, 0.2) is 12.4 Å². The lowest BCUT2D eigenvalue weighted by Crippen LogP contribution is -2.53. The fraction of sp³-hybridized carbons (Fsp3) is 0.588. The number of imide groups is 1. The smallest absolute Gasteiger partial charge is 0.496 e. The minimum Gasteiger partial charge on any atom is -0.496 e. The van der Waals surface area contributed by atoms with Crippen molar-refractivity contribution in [2.24, 2.45) is 11.8 Å². The van der Waals surface area contributed by atoms with Gasteiger partial charge in [0.1, 0.15) is 28.7 Å². The van der Waals surface area contributed by atoms with E-state index in [4.69, 9.17) is 18.9 Å². The highest BCUT2D eigenvalue weighted by Gasteiger charge is 2.41. The zero-order valence-corrected chi connectivity index (χ0v) is 29.2. The number of rotatable bonds is 12. The van der Waals surface area contributed by atoms with Gasteiger partial charge in [-0.3, -0.25) is 19.2 Å². The lowest BCUT2D eigenvalue weighted by molar-refractivity contribution is -0.134. The molecule has 1 saturated heterocycles. The van der Waals surface area contributed by atoms with Gasteiger partial charge in [0.25, 0.3) is 5.91 Å². The average molecular weight is 673 g/mol. The summed E-state index contributed by atoms with van der Waals surface area (Å²) in [6.45, 7) is 13.0. The van der Waals surface area contributed by atoms with Crippen molar-refractivity contribution in [3.05, 3.63) is 30.0 Å². The molecule has 1 aromatic carbocycles. The number of ketones is 1. The molecule has 0 spiro atoms. The number of Topliss-reactive ketones (excluding diaryl/α,β-unsaturated/α-hetero) is 1. The van der Waals surface area contributed by atoms with E-state index in [1.807, 2.05) is 13.8 Å². The minimum atomic E-state index is -1.30. The molecule has 0 bridgehead atoms. The van der Waals surface area contributed by atoms with Crippen LogP contribution in [0.5, 0.6) is 5.75 Å². The minimum absolute atomic E-state index is 0.0349. The quantitative estimate of drug-likeness (QED) is 0.272. The Labute approximate surface area is 280 Å². The first-order chi connectivity index (χ1) is 22.3. The van der Waals surface area contributed by atoms with Crippen molar-refractivity contribution in [3.8, 4) is 5.75 Å². The summed E-state index contributed by atoms with van der Waals surface area (Å²) in [5.74, 6) is -2.75. The number of carbonyl (C=O) groups is 6. The Balaban J connectivity index is 1.81. The summed E-state index contributed by atoms with van der Waals surface area (Å²) in [5.41, 5.74) is -0.821. The van der Waals surface area contributed by atoms with Gasteiger partial charge in [0, 0.05) is 23.4 Å². The van der Waals surface area contributed by atoms with Crippen molar-refractivity contribution in [2.45, 2.75) is 97.9 Å². The molecule has 1 fully saturated rings. The van der Waals surface area contributed by atoms with Crippen LogP contribution in [0.1, 0.15) is 85.1 Å². The van der Waals surface area contributed by atoms with E-state index in [0.717, 1.165) is 4.90 Å². The summed E-state index contributed by atoms with van der Waals surface area (Å²) in [6.07, 6.45) is -1.60. The molecule has 0 unspecified atom stereocenters. The maximum Gasteiger partial charge on any atom is 0.509 e. The zero-order valence-electron chi connectivity index (χ0n) is 29.2. The number of H-pyrrole nitrogens is 1. The Morgan fingerprint density at radius 3 is 2.25 bits per heavy atom. The molecule has 1 aromatic heterocycles. The molecular formula is C34H48N4O10. The number of aromatic nitrogens is 1. The van der Waals surface area contributed by atoms with E-state index >= 15 is 0 Å². The maximum absolute atomic E-state index is 13.7. The van der Waals surface area contributed by atoms with Gasteiger partial charge >= 0.3 is 12.2 Å². The lowest BCUT2D eigenvalue weighted by atomic mass is 9.95. The number of carbonyl (C=O) groups excluding carboxylic acids is 6. The topological polar surface area (TPSA) is 182 Å². The first-order valence-corrected chi connectivity index (χ1v) is 16.0. The Kier molecular flexibility index (Phi) is 12.2. The summed E-state index contributed by atoms with van der Waals surface area (Å²) < 4.78 is 20.9. The fourth-order valence-corrected chi connectivity index (χ4v) is 5.16. The Morgan fingerprint density at radius 1 is 0.979 bits per heavy atom. The summed E-state index contributed by atoms with van der Waals surface area (Å²) >= 11 is 0. The second kappa shape index (κ2) is 15.5. The summed E-state index contributed by atoms with van der Waals surface area (Å²) in [6, 6.07) is 4.59. The van der Waals surface area contributed by atoms with Crippen molar-refractivity contribution < 1.29 is 47.7 Å². The third-order valence-corrected chi connectivity index (χ3v) is 7.30. The molecule has 1 aliphatic heterocycles. The number of nitrogens with zero attached hydrogens (tertiary/aromatic N) is 1. The number of aromatic amines is 1. The normalized spacial score (nSPS) is 16.3. The van der Waals surface area contributed by atoms with Gasteiger partial charge in [0.05, 0.1) is 13.2 Å². The molecule has 3 rings (SSSR count). The van der Waals surface area contributed by atoms with Gasteiger partial charge in [-0.1, -0.05) is 19.9 Å². The lowest BCUT2D eigenvalue weighted by Gasteiger charge is -2.26. The van der Waals surface area contributed by atoms with Crippen LogP contribution < -0.4 is 15.4 Å². The monoisotopic (exact) mass is 672 g/mol. The van der Waals surface area contributed by atoms with Crippen LogP contribution in [0.2, 0.25) is 0 Å². The molecule has 1 aliphatic rings. The summed E-state index contributed by atoms with van der Waals surface area (Å²) in [7, 11) is 1.52. The van der Waals surface area contributed by atoms with E-state index in [9.17, 15) is 28.8 Å². The molecule has 0 saturated carbocycles. The molecule has 3 atom stereocenters. The van der Waals surface area contributed by atoms with Crippen LogP contribution >= 0.6 is 0 Å². The number of hydrogen-bond donors (Lipinski definition) is 3. The second-order valence-corrected chi connectivity index (χ2v) is 14.2. The van der Waals surface area contributed by atoms with Crippen molar-refractivity contribution in [2.75, 3.05) is 20.3 Å². The number of fused-ring (bicyclic) bond motifs is 1. The predicted molar refractivity (Wildman–Crippen MR) is 175 cm³/mol. The van der Waals surface area contributed by atoms with Crippen molar-refractivity contribution in [1.29, 1.82) is 0 Å². The van der Waals surface area contributed by atoms with E-state index in [0.29, 0.717) is 16.7 Å². The van der Waals surface area contributed by atoms with Crippen molar-refractivity contribution in [1.82, 2.24) is 20.5 Å². The second-order valence-electron chi connectivity index (χ2n) is 14.2. The van der Waals surface area contributed by atoms with E-state index in [1.54, 1.807) is 65.8 Å². The molecule has 2 aromatic rings. The number of hydrogen-bond acceptors (Lipinski definition) is 10. The van der Waals surface area contributed by atoms with E-state index in [-0.39, 0.29) is 37.4 Å². The molecule has 14 nitrogen and oxygen atoms in total. The summed E-state index contributed by atoms with van der Waals surface area (Å²) in [4.78, 5) is 82.6. The van der Waals surface area contributed by atoms with Gasteiger partial charge in [-0.15, -0.1) is 0 Å². The Bertz CT molecular complexity index is 1520. The van der Waals surface area contributed by atoms with Crippen LogP contribution in [-0.2, 0) is 28.6 Å². The van der Waals surface area contributed by atoms with Crippen LogP contribution in [0.4, 0.5) is 9.59 Å². The Hall–Kier alpha value is -4.62. The number of methoxy groups -OCH3 is 1. The van der Waals surface area contributed by atoms with Crippen LogP contribution in [0.15, 0.2) is 24.3 Å². The van der Waals surface area contributed by atoms with Crippen LogP contribution in [0.3, 0.4) is 0 Å². The maximum atomic E-state index is 13.7. The van der Waals surface area contributed by atoms with Gasteiger partial charge < -0.3 is 34.6 Å². The molecular weight excluding hydrogens is 624 g/mol. The van der Waals surface area contributed by atoms with Gasteiger partial charge in [0.2, 0.25) is 11.8 Å². The highest BCUT2D eigenvalue weighted by Crippen LogP contribution is 2.27. The molecule has 14 heteroatoms.